The van der Waals surface area contributed by atoms with Gasteiger partial charge in [0.1, 0.15) is 30.5 Å². The Morgan fingerprint density at radius 1 is 0.549 bits per heavy atom. The van der Waals surface area contributed by atoms with Crippen LogP contribution in [0.5, 0.6) is 0 Å². The Balaban J connectivity index is 1.36. The van der Waals surface area contributed by atoms with Crippen LogP contribution in [0.3, 0.4) is 0 Å². The summed E-state index contributed by atoms with van der Waals surface area (Å²) in [5.74, 6) is -3.56. The molecule has 14 heteroatoms. The molecular weight excluding hydrogens is 909 g/mol. The summed E-state index contributed by atoms with van der Waals surface area (Å²) in [6, 6.07) is 48.5. The van der Waals surface area contributed by atoms with Gasteiger partial charge in [-0.3, -0.25) is 4.79 Å². The van der Waals surface area contributed by atoms with Crippen molar-refractivity contribution < 1.29 is 71.4 Å². The lowest BCUT2D eigenvalue weighted by molar-refractivity contribution is -0.317. The fourth-order valence-electron chi connectivity index (χ4n) is 7.66. The molecule has 0 saturated carbocycles. The SMILES string of the molecule is [2H]C(OC[C@@H](O)[C@@H](OC([2H])c1ccccc1)[C@H](OC([2H])c1ccccc1)[C@H](O[C@H]1O[C@H](CO)[C@@H](OC(=O)c2ccccc2)[C@H](OC(=O)c2ccccc2)[C@@H]1OC(=O)c1ccccc1)C(=O)CCC)c1ccccc1. The van der Waals surface area contributed by atoms with Crippen LogP contribution in [0, 0.1) is 0 Å². The second kappa shape index (κ2) is 26.9. The van der Waals surface area contributed by atoms with Crippen molar-refractivity contribution in [1.29, 1.82) is 0 Å². The highest BCUT2D eigenvalue weighted by atomic mass is 16.7. The van der Waals surface area contributed by atoms with Crippen LogP contribution in [0.1, 0.15) is 71.6 Å². The number of rotatable bonds is 25. The summed E-state index contributed by atoms with van der Waals surface area (Å²) < 4.78 is 77.5. The molecule has 1 aliphatic heterocycles. The third-order valence-electron chi connectivity index (χ3n) is 11.2. The molecule has 12 atom stereocenters. The van der Waals surface area contributed by atoms with Crippen molar-refractivity contribution in [3.05, 3.63) is 215 Å². The first kappa shape index (κ1) is 47.8. The summed E-state index contributed by atoms with van der Waals surface area (Å²) in [7, 11) is 0. The highest BCUT2D eigenvalue weighted by Crippen LogP contribution is 2.34. The van der Waals surface area contributed by atoms with Gasteiger partial charge in [-0.25, -0.2) is 14.4 Å². The van der Waals surface area contributed by atoms with E-state index in [2.05, 4.69) is 0 Å². The molecule has 0 radical (unpaired) electrons. The van der Waals surface area contributed by atoms with Crippen molar-refractivity contribution in [3.63, 3.8) is 0 Å². The topological polar surface area (TPSA) is 183 Å². The number of ketones is 1. The van der Waals surface area contributed by atoms with E-state index < -0.39 is 112 Å². The lowest BCUT2D eigenvalue weighted by Gasteiger charge is -2.45. The number of hydrogen-bond acceptors (Lipinski definition) is 14. The molecule has 370 valence electrons. The van der Waals surface area contributed by atoms with Crippen LogP contribution < -0.4 is 0 Å². The van der Waals surface area contributed by atoms with E-state index in [4.69, 9.17) is 39.3 Å². The van der Waals surface area contributed by atoms with Crippen LogP contribution in [-0.2, 0) is 62.4 Å². The van der Waals surface area contributed by atoms with Gasteiger partial charge in [0, 0.05) is 6.42 Å². The molecule has 14 nitrogen and oxygen atoms in total. The average molecular weight is 970 g/mol. The van der Waals surface area contributed by atoms with Gasteiger partial charge >= 0.3 is 17.9 Å². The van der Waals surface area contributed by atoms with E-state index in [1.54, 1.807) is 153 Å². The van der Waals surface area contributed by atoms with Crippen molar-refractivity contribution in [2.45, 2.75) is 94.6 Å². The molecular formula is C57H58O14. The summed E-state index contributed by atoms with van der Waals surface area (Å²) in [5.41, 5.74) is 1.27. The maximum Gasteiger partial charge on any atom is 0.338 e. The van der Waals surface area contributed by atoms with Gasteiger partial charge in [-0.2, -0.15) is 0 Å². The minimum absolute atomic E-state index is 0.0309. The summed E-state index contributed by atoms with van der Waals surface area (Å²) in [6.07, 6.45) is -16.4. The highest BCUT2D eigenvalue weighted by Gasteiger charge is 2.55. The van der Waals surface area contributed by atoms with Gasteiger partial charge in [-0.05, 0) is 59.5 Å². The summed E-state index contributed by atoms with van der Waals surface area (Å²) in [6.45, 7) is -4.28. The van der Waals surface area contributed by atoms with Crippen molar-refractivity contribution >= 4 is 23.7 Å². The zero-order chi connectivity index (χ0) is 52.4. The molecule has 0 aromatic heterocycles. The summed E-state index contributed by atoms with van der Waals surface area (Å²) in [4.78, 5) is 57.2. The fourth-order valence-corrected chi connectivity index (χ4v) is 7.66. The Bertz CT molecular complexity index is 2660. The van der Waals surface area contributed by atoms with E-state index in [1.807, 2.05) is 0 Å². The second-order valence-electron chi connectivity index (χ2n) is 16.4. The van der Waals surface area contributed by atoms with Gasteiger partial charge < -0.3 is 48.1 Å². The first-order chi connectivity index (χ1) is 35.9. The van der Waals surface area contributed by atoms with E-state index in [0.717, 1.165) is 0 Å². The van der Waals surface area contributed by atoms with Crippen molar-refractivity contribution in [3.8, 4) is 0 Å². The minimum Gasteiger partial charge on any atom is -0.452 e. The zero-order valence-corrected chi connectivity index (χ0v) is 38.9. The number of aliphatic hydroxyl groups is 2. The number of carbonyl (C=O) groups is 4. The lowest BCUT2D eigenvalue weighted by Crippen LogP contribution is -2.64. The molecule has 2 N–H and O–H groups in total. The Morgan fingerprint density at radius 3 is 1.38 bits per heavy atom. The average Bonchev–Trinajstić information content (AvgIpc) is 3.45. The number of ether oxygens (including phenoxy) is 8. The van der Waals surface area contributed by atoms with Gasteiger partial charge in [0.2, 0.25) is 0 Å². The summed E-state index contributed by atoms with van der Waals surface area (Å²) >= 11 is 0. The number of hydrogen-bond donors (Lipinski definition) is 2. The minimum atomic E-state index is -2.00. The molecule has 1 heterocycles. The number of aliphatic hydroxyl groups excluding tert-OH is 2. The Hall–Kier alpha value is -6.88. The van der Waals surface area contributed by atoms with Crippen LogP contribution in [-0.4, -0.2) is 102 Å². The Morgan fingerprint density at radius 2 is 0.944 bits per heavy atom. The van der Waals surface area contributed by atoms with Gasteiger partial charge in [-0.15, -0.1) is 0 Å². The normalized spacial score (nSPS) is 21.3. The number of benzene rings is 6. The Labute approximate surface area is 417 Å². The monoisotopic (exact) mass is 969 g/mol. The molecule has 6 aromatic carbocycles. The van der Waals surface area contributed by atoms with Crippen LogP contribution in [0.4, 0.5) is 0 Å². The van der Waals surface area contributed by atoms with Gasteiger partial charge in [-0.1, -0.05) is 153 Å². The van der Waals surface area contributed by atoms with Gasteiger partial charge in [0.15, 0.2) is 30.4 Å². The van der Waals surface area contributed by atoms with Crippen LogP contribution in [0.15, 0.2) is 182 Å². The third kappa shape index (κ3) is 14.8. The zero-order valence-electron chi connectivity index (χ0n) is 41.9. The molecule has 0 bridgehead atoms. The first-order valence-corrected chi connectivity index (χ1v) is 23.2. The molecule has 0 amide bonds. The molecule has 1 saturated heterocycles. The molecule has 6 aromatic rings. The maximum absolute atomic E-state index is 14.9. The second-order valence-corrected chi connectivity index (χ2v) is 16.4. The molecule has 0 spiro atoms. The van der Waals surface area contributed by atoms with Crippen LogP contribution in [0.2, 0.25) is 0 Å². The van der Waals surface area contributed by atoms with E-state index in [1.165, 1.54) is 36.4 Å². The number of carbonyl (C=O) groups excluding carboxylic acids is 4. The van der Waals surface area contributed by atoms with Crippen LogP contribution >= 0.6 is 0 Å². The molecule has 1 aliphatic rings. The lowest BCUT2D eigenvalue weighted by atomic mass is 9.95. The van der Waals surface area contributed by atoms with E-state index >= 15 is 0 Å². The van der Waals surface area contributed by atoms with Gasteiger partial charge in [0.05, 0.1) is 53.8 Å². The fraction of sp³-hybridized carbons (Fsp3) is 0.298. The third-order valence-corrected chi connectivity index (χ3v) is 11.2. The molecule has 1 fully saturated rings. The van der Waals surface area contributed by atoms with Crippen molar-refractivity contribution in [2.75, 3.05) is 13.2 Å². The predicted octanol–water partition coefficient (Wildman–Crippen LogP) is 7.88. The molecule has 3 unspecified atom stereocenters. The van der Waals surface area contributed by atoms with Crippen molar-refractivity contribution in [1.82, 2.24) is 0 Å². The van der Waals surface area contributed by atoms with Crippen LogP contribution in [0.25, 0.3) is 0 Å². The Kier molecular flexibility index (Phi) is 18.1. The van der Waals surface area contributed by atoms with Gasteiger partial charge in [0.25, 0.3) is 0 Å². The predicted molar refractivity (Wildman–Crippen MR) is 260 cm³/mol. The standard InChI is InChI=1S/C57H58O14/c1-2-21-45(59)49(51(66-37-41-26-13-5-14-27-41)48(65-36-40-24-11-4-12-25-40)46(60)38-64-35-39-22-9-3-10-23-39)71-57-53(70-56(63)44-32-19-8-20-33-44)52(69-55(62)43-30-17-7-18-31-43)50(47(34-58)67-57)68-54(61)42-28-15-6-16-29-42/h3-20,22-33,46-53,57-58,60H,2,21,34-38H2,1H3/t46-,47-,48-,49-,50-,51+,52+,53+,57-/m1/s1/i35D,36D,37D/t35?,36?,37?,46-,47-,48-,49-,50-,51+,52+,53+,57-. The first-order valence-electron chi connectivity index (χ1n) is 24.9. The summed E-state index contributed by atoms with van der Waals surface area (Å²) in [5, 5.41) is 23.4. The molecule has 0 aliphatic carbocycles. The molecule has 71 heavy (non-hydrogen) atoms. The van der Waals surface area contributed by atoms with E-state index in [9.17, 15) is 32.1 Å². The highest BCUT2D eigenvalue weighted by molar-refractivity contribution is 5.91. The maximum atomic E-state index is 14.9. The number of Topliss-reactive ketones (excluding diaryl/α,β-unsaturated/α-hetero) is 1. The van der Waals surface area contributed by atoms with E-state index in [-0.39, 0.29) is 29.5 Å². The van der Waals surface area contributed by atoms with Crippen molar-refractivity contribution in [2.24, 2.45) is 0 Å². The number of esters is 3. The van der Waals surface area contributed by atoms with E-state index in [0.29, 0.717) is 16.7 Å². The largest absolute Gasteiger partial charge is 0.452 e. The molecule has 7 rings (SSSR count). The smallest absolute Gasteiger partial charge is 0.338 e. The quantitative estimate of drug-likeness (QED) is 0.0417.